The maximum atomic E-state index is 13.5. The van der Waals surface area contributed by atoms with Gasteiger partial charge in [-0.25, -0.2) is 0 Å². The van der Waals surface area contributed by atoms with Gasteiger partial charge in [-0.05, 0) is 25.8 Å². The number of nitriles is 1. The number of hydrogen-bond acceptors (Lipinski definition) is 5. The maximum absolute atomic E-state index is 13.5. The van der Waals surface area contributed by atoms with Crippen LogP contribution in [0.1, 0.15) is 43.5 Å². The summed E-state index contributed by atoms with van der Waals surface area (Å²) < 4.78 is 13.2. The largest absolute Gasteiger partial charge is 0.494 e. The lowest BCUT2D eigenvalue weighted by Gasteiger charge is -2.28. The Bertz CT molecular complexity index is 1030. The van der Waals surface area contributed by atoms with E-state index in [0.29, 0.717) is 36.1 Å². The van der Waals surface area contributed by atoms with E-state index in [1.807, 2.05) is 44.2 Å². The summed E-state index contributed by atoms with van der Waals surface area (Å²) in [6.45, 7) is 8.93. The molecule has 0 saturated carbocycles. The normalized spacial score (nSPS) is 15.8. The zero-order chi connectivity index (χ0) is 20.4. The van der Waals surface area contributed by atoms with Crippen LogP contribution >= 0.6 is 0 Å². The number of allylic oxidation sites excluding steroid dienone is 1. The molecule has 0 aliphatic carbocycles. The highest BCUT2D eigenvalue weighted by Gasteiger charge is 2.35. The quantitative estimate of drug-likeness (QED) is 0.859. The van der Waals surface area contributed by atoms with Crippen LogP contribution < -0.4 is 20.8 Å². The van der Waals surface area contributed by atoms with Gasteiger partial charge < -0.3 is 19.8 Å². The second-order valence-electron chi connectivity index (χ2n) is 7.27. The number of nitrogens with zero attached hydrogens (tertiary/aromatic N) is 2. The third kappa shape index (κ3) is 3.36. The number of para-hydroxylation sites is 1. The smallest absolute Gasteiger partial charge is 0.258 e. The first-order chi connectivity index (χ1) is 13.4. The minimum Gasteiger partial charge on any atom is -0.494 e. The van der Waals surface area contributed by atoms with Crippen molar-refractivity contribution >= 4 is 0 Å². The Kier molecular flexibility index (Phi) is 5.46. The highest BCUT2D eigenvalue weighted by atomic mass is 16.5. The summed E-state index contributed by atoms with van der Waals surface area (Å²) in [5.74, 6) is 0.702. The minimum absolute atomic E-state index is 0.0201. The van der Waals surface area contributed by atoms with Gasteiger partial charge in [0, 0.05) is 23.9 Å². The minimum atomic E-state index is -0.636. The van der Waals surface area contributed by atoms with E-state index in [-0.39, 0.29) is 17.0 Å². The molecule has 0 spiro atoms. The number of benzene rings is 1. The second-order valence-corrected chi connectivity index (χ2v) is 7.27. The van der Waals surface area contributed by atoms with Crippen LogP contribution in [0.15, 0.2) is 46.6 Å². The lowest BCUT2D eigenvalue weighted by atomic mass is 9.83. The fraction of sp³-hybridized carbons (Fsp3) is 0.364. The van der Waals surface area contributed by atoms with Crippen LogP contribution in [0.4, 0.5) is 0 Å². The van der Waals surface area contributed by atoms with Crippen molar-refractivity contribution in [3.05, 3.63) is 69.0 Å². The summed E-state index contributed by atoms with van der Waals surface area (Å²) in [7, 11) is 0. The fourth-order valence-electron chi connectivity index (χ4n) is 3.60. The molecule has 2 aromatic rings. The van der Waals surface area contributed by atoms with E-state index in [9.17, 15) is 10.1 Å². The number of pyridine rings is 1. The Balaban J connectivity index is 2.32. The molecule has 0 amide bonds. The van der Waals surface area contributed by atoms with Crippen molar-refractivity contribution in [3.63, 3.8) is 0 Å². The molecule has 1 aromatic carbocycles. The van der Waals surface area contributed by atoms with Crippen molar-refractivity contribution in [2.75, 3.05) is 6.61 Å². The second kappa shape index (κ2) is 7.81. The van der Waals surface area contributed by atoms with Gasteiger partial charge in [-0.3, -0.25) is 4.79 Å². The van der Waals surface area contributed by atoms with Gasteiger partial charge in [-0.1, -0.05) is 32.0 Å². The van der Waals surface area contributed by atoms with Crippen LogP contribution in [0.3, 0.4) is 0 Å². The molecule has 28 heavy (non-hydrogen) atoms. The van der Waals surface area contributed by atoms with E-state index in [1.165, 1.54) is 0 Å². The highest BCUT2D eigenvalue weighted by Crippen LogP contribution is 2.43. The number of hydrogen-bond donors (Lipinski definition) is 1. The third-order valence-corrected chi connectivity index (χ3v) is 4.77. The molecule has 6 nitrogen and oxygen atoms in total. The van der Waals surface area contributed by atoms with E-state index < -0.39 is 5.92 Å². The molecule has 0 fully saturated rings. The molecule has 0 bridgehead atoms. The van der Waals surface area contributed by atoms with Gasteiger partial charge >= 0.3 is 0 Å². The summed E-state index contributed by atoms with van der Waals surface area (Å²) in [6, 6.07) is 11.4. The summed E-state index contributed by atoms with van der Waals surface area (Å²) in [5.41, 5.74) is 8.05. The Morgan fingerprint density at radius 2 is 2.07 bits per heavy atom. The predicted octanol–water partition coefficient (Wildman–Crippen LogP) is 3.43. The highest BCUT2D eigenvalue weighted by molar-refractivity contribution is 5.58. The lowest BCUT2D eigenvalue weighted by molar-refractivity contribution is 0.334. The van der Waals surface area contributed by atoms with Crippen molar-refractivity contribution in [1.82, 2.24) is 4.57 Å². The molecule has 1 aliphatic heterocycles. The molecule has 0 saturated heterocycles. The van der Waals surface area contributed by atoms with E-state index in [0.717, 1.165) is 11.3 Å². The first kappa shape index (κ1) is 19.6. The Hall–Kier alpha value is -3.20. The SMILES string of the molecule is CCOc1ccccc1C1C(C#N)=C(N)Oc2cc(C)n(CC(C)C)c(=O)c21. The van der Waals surface area contributed by atoms with Crippen LogP contribution in [0.2, 0.25) is 0 Å². The zero-order valence-electron chi connectivity index (χ0n) is 16.7. The summed E-state index contributed by atoms with van der Waals surface area (Å²) in [5, 5.41) is 9.78. The standard InChI is InChI=1S/C22H25N3O3/c1-5-27-17-9-7-6-8-15(17)19-16(11-23)21(24)28-18-10-14(4)25(12-13(2)3)22(26)20(18)19/h6-10,13,19H,5,12,24H2,1-4H3. The van der Waals surface area contributed by atoms with Gasteiger partial charge in [0.05, 0.1) is 18.1 Å². The van der Waals surface area contributed by atoms with Gasteiger partial charge in [-0.2, -0.15) is 5.26 Å². The molecule has 1 unspecified atom stereocenters. The molecule has 3 rings (SSSR count). The molecule has 146 valence electrons. The molecular formula is C22H25N3O3. The number of rotatable bonds is 5. The molecule has 6 heteroatoms. The fourth-order valence-corrected chi connectivity index (χ4v) is 3.60. The number of fused-ring (bicyclic) bond motifs is 1. The van der Waals surface area contributed by atoms with E-state index in [4.69, 9.17) is 15.2 Å². The number of ether oxygens (including phenoxy) is 2. The molecule has 1 aliphatic rings. The van der Waals surface area contributed by atoms with Crippen molar-refractivity contribution < 1.29 is 9.47 Å². The monoisotopic (exact) mass is 379 g/mol. The van der Waals surface area contributed by atoms with Crippen LogP contribution in [0.5, 0.6) is 11.5 Å². The Morgan fingerprint density at radius 3 is 2.71 bits per heavy atom. The Labute approximate surface area is 164 Å². The van der Waals surface area contributed by atoms with Crippen LogP contribution in [-0.4, -0.2) is 11.2 Å². The molecule has 1 aromatic heterocycles. The van der Waals surface area contributed by atoms with Gasteiger partial charge in [0.2, 0.25) is 5.88 Å². The lowest BCUT2D eigenvalue weighted by Crippen LogP contribution is -2.33. The summed E-state index contributed by atoms with van der Waals surface area (Å²) in [4.78, 5) is 13.5. The van der Waals surface area contributed by atoms with E-state index in [1.54, 1.807) is 4.57 Å². The molecular weight excluding hydrogens is 354 g/mol. The zero-order valence-corrected chi connectivity index (χ0v) is 16.7. The summed E-state index contributed by atoms with van der Waals surface area (Å²) in [6.07, 6.45) is 0. The van der Waals surface area contributed by atoms with Crippen LogP contribution in [0.25, 0.3) is 0 Å². The maximum Gasteiger partial charge on any atom is 0.258 e. The number of nitrogens with two attached hydrogens (primary N) is 1. The first-order valence-corrected chi connectivity index (χ1v) is 9.42. The van der Waals surface area contributed by atoms with E-state index in [2.05, 4.69) is 19.9 Å². The van der Waals surface area contributed by atoms with Gasteiger partial charge in [-0.15, -0.1) is 0 Å². The van der Waals surface area contributed by atoms with Crippen LogP contribution in [-0.2, 0) is 6.54 Å². The molecule has 2 N–H and O–H groups in total. The summed E-state index contributed by atoms with van der Waals surface area (Å²) >= 11 is 0. The van der Waals surface area contributed by atoms with Crippen LogP contribution in [0, 0.1) is 24.2 Å². The number of aromatic nitrogens is 1. The van der Waals surface area contributed by atoms with Crippen molar-refractivity contribution in [2.45, 2.75) is 40.2 Å². The van der Waals surface area contributed by atoms with Gasteiger partial charge in [0.25, 0.3) is 5.56 Å². The molecule has 2 heterocycles. The number of aryl methyl sites for hydroxylation is 1. The average molecular weight is 379 g/mol. The Morgan fingerprint density at radius 1 is 1.36 bits per heavy atom. The predicted molar refractivity (Wildman–Crippen MR) is 107 cm³/mol. The van der Waals surface area contributed by atoms with Gasteiger partial charge in [0.1, 0.15) is 23.1 Å². The van der Waals surface area contributed by atoms with Crippen molar-refractivity contribution in [3.8, 4) is 17.6 Å². The third-order valence-electron chi connectivity index (χ3n) is 4.77. The van der Waals surface area contributed by atoms with Crippen molar-refractivity contribution in [2.24, 2.45) is 11.7 Å². The first-order valence-electron chi connectivity index (χ1n) is 9.42. The average Bonchev–Trinajstić information content (AvgIpc) is 2.65. The molecule has 0 radical (unpaired) electrons. The topological polar surface area (TPSA) is 90.3 Å². The van der Waals surface area contributed by atoms with E-state index >= 15 is 0 Å². The van der Waals surface area contributed by atoms with Gasteiger partial charge in [0.15, 0.2) is 0 Å². The van der Waals surface area contributed by atoms with Crippen molar-refractivity contribution in [1.29, 1.82) is 5.26 Å². The molecule has 1 atom stereocenters.